The molecule has 186 valence electrons. The second-order valence-electron chi connectivity index (χ2n) is 12.5. The molecule has 0 atom stereocenters. The van der Waals surface area contributed by atoms with Crippen LogP contribution in [0.3, 0.4) is 0 Å². The van der Waals surface area contributed by atoms with Gasteiger partial charge in [0.2, 0.25) is 0 Å². The summed E-state index contributed by atoms with van der Waals surface area (Å²) in [6.45, 7) is 19.5. The Morgan fingerprint density at radius 2 is 0.824 bits per heavy atom. The number of aromatic amines is 3. The van der Waals surface area contributed by atoms with Crippen LogP contribution < -0.4 is 14.0 Å². The third kappa shape index (κ3) is 7.85. The summed E-state index contributed by atoms with van der Waals surface area (Å²) in [4.78, 5) is 0. The lowest BCUT2D eigenvalue weighted by Gasteiger charge is -2.21. The molecule has 10 heteroatoms. The van der Waals surface area contributed by atoms with Crippen LogP contribution in [-0.4, -0.2) is 37.9 Å². The van der Waals surface area contributed by atoms with Gasteiger partial charge in [0, 0.05) is 0 Å². The minimum absolute atomic E-state index is 0.0523. The fourth-order valence-corrected chi connectivity index (χ4v) is 3.56. The van der Waals surface area contributed by atoms with E-state index < -0.39 is 7.32 Å². The molecule has 0 aromatic carbocycles. The lowest BCUT2D eigenvalue weighted by molar-refractivity contribution is 0.296. The summed E-state index contributed by atoms with van der Waals surface area (Å²) in [7, 11) is -1.07. The van der Waals surface area contributed by atoms with Gasteiger partial charge in [-0.25, -0.2) is 0 Å². The maximum atomic E-state index is 6.23. The van der Waals surface area contributed by atoms with Gasteiger partial charge in [-0.15, -0.1) is 0 Å². The van der Waals surface area contributed by atoms with Crippen molar-refractivity contribution in [2.75, 3.05) is 0 Å². The monoisotopic (exact) mass is 470 g/mol. The lowest BCUT2D eigenvalue weighted by atomic mass is 9.90. The van der Waals surface area contributed by atoms with E-state index in [1.807, 2.05) is 0 Å². The number of hydrogen-bond donors (Lipinski definition) is 3. The summed E-state index contributed by atoms with van der Waals surface area (Å²) < 4.78 is 18.7. The average molecular weight is 470 g/mol. The minimum Gasteiger partial charge on any atom is -0.486 e. The van der Waals surface area contributed by atoms with Gasteiger partial charge in [0.15, 0.2) is 0 Å². The Balaban J connectivity index is 1.87. The number of H-pyrrole nitrogens is 3. The maximum absolute atomic E-state index is 6.23. The zero-order valence-corrected chi connectivity index (χ0v) is 22.0. The van der Waals surface area contributed by atoms with Crippen LogP contribution in [0.15, 0.2) is 18.6 Å². The first-order valence-electron chi connectivity index (χ1n) is 11.8. The van der Waals surface area contributed by atoms with E-state index in [1.165, 1.54) is 0 Å². The van der Waals surface area contributed by atoms with Crippen LogP contribution in [0.4, 0.5) is 0 Å². The Hall–Kier alpha value is -2.91. The summed E-state index contributed by atoms with van der Waals surface area (Å²) in [6.07, 6.45) is 7.23. The van der Waals surface area contributed by atoms with Gasteiger partial charge in [0.1, 0.15) is 17.2 Å². The summed E-state index contributed by atoms with van der Waals surface area (Å²) in [5, 5.41) is 21.7. The Bertz CT molecular complexity index is 918. The molecule has 0 aliphatic rings. The van der Waals surface area contributed by atoms with E-state index in [0.29, 0.717) is 17.2 Å². The third-order valence-corrected chi connectivity index (χ3v) is 4.83. The summed E-state index contributed by atoms with van der Waals surface area (Å²) in [5.41, 5.74) is 2.81. The molecule has 0 radical (unpaired) electrons. The molecule has 0 spiro atoms. The van der Waals surface area contributed by atoms with Crippen molar-refractivity contribution in [3.05, 3.63) is 35.7 Å². The van der Waals surface area contributed by atoms with Gasteiger partial charge < -0.3 is 14.0 Å². The number of aromatic nitrogens is 6. The van der Waals surface area contributed by atoms with E-state index >= 15 is 0 Å². The quantitative estimate of drug-likeness (QED) is 0.373. The van der Waals surface area contributed by atoms with Crippen molar-refractivity contribution in [1.82, 2.24) is 30.6 Å². The molecule has 0 saturated carbocycles. The SMILES string of the molecule is CC(C)(C)Cc1[nH]ncc1OB(Oc1cn[nH]c1CC(C)(C)C)Oc1cn[nH]c1CC(C)(C)C. The van der Waals surface area contributed by atoms with Gasteiger partial charge in [-0.05, 0) is 35.5 Å². The number of rotatable bonds is 9. The molecule has 0 fully saturated rings. The molecule has 0 aliphatic carbocycles. The topological polar surface area (TPSA) is 114 Å². The second-order valence-corrected chi connectivity index (χ2v) is 12.5. The normalized spacial score (nSPS) is 12.6. The highest BCUT2D eigenvalue weighted by molar-refractivity contribution is 6.39. The van der Waals surface area contributed by atoms with Crippen LogP contribution in [0.1, 0.15) is 79.4 Å². The van der Waals surface area contributed by atoms with Gasteiger partial charge >= 0.3 is 7.32 Å². The maximum Gasteiger partial charge on any atom is 0.864 e. The Morgan fingerprint density at radius 3 is 1.06 bits per heavy atom. The predicted molar refractivity (Wildman–Crippen MR) is 133 cm³/mol. The fraction of sp³-hybridized carbons (Fsp3) is 0.625. The smallest absolute Gasteiger partial charge is 0.486 e. The summed E-state index contributed by atoms with van der Waals surface area (Å²) >= 11 is 0. The highest BCUT2D eigenvalue weighted by Gasteiger charge is 2.35. The van der Waals surface area contributed by atoms with Crippen LogP contribution in [-0.2, 0) is 19.3 Å². The zero-order valence-electron chi connectivity index (χ0n) is 22.0. The first-order valence-corrected chi connectivity index (χ1v) is 11.8. The predicted octanol–water partition coefficient (Wildman–Crippen LogP) is 5.14. The molecule has 3 aromatic rings. The molecule has 3 rings (SSSR count). The lowest BCUT2D eigenvalue weighted by Crippen LogP contribution is -2.37. The standard InChI is InChI=1S/C24H39BN6O3/c1-22(2,3)10-16-19(13-26-29-16)32-25(33-20-14-27-30-17(20)11-23(4,5)6)34-21-15-28-31-18(21)12-24(7,8)9/h13-15H,10-12H2,1-9H3,(H,26,29)(H,27,30)(H,28,31). The molecule has 0 saturated heterocycles. The van der Waals surface area contributed by atoms with E-state index in [2.05, 4.69) is 92.9 Å². The molecule has 9 nitrogen and oxygen atoms in total. The fourth-order valence-electron chi connectivity index (χ4n) is 3.56. The van der Waals surface area contributed by atoms with Crippen molar-refractivity contribution in [2.24, 2.45) is 16.2 Å². The summed E-state index contributed by atoms with van der Waals surface area (Å²) in [5.74, 6) is 1.75. The van der Waals surface area contributed by atoms with Gasteiger partial charge in [-0.1, -0.05) is 62.3 Å². The van der Waals surface area contributed by atoms with E-state index in [-0.39, 0.29) is 16.2 Å². The molecule has 0 aliphatic heterocycles. The first kappa shape index (κ1) is 25.7. The van der Waals surface area contributed by atoms with Crippen LogP contribution in [0, 0.1) is 16.2 Å². The average Bonchev–Trinajstić information content (AvgIpc) is 3.36. The number of hydrogen-bond acceptors (Lipinski definition) is 6. The number of nitrogens with zero attached hydrogens (tertiary/aromatic N) is 3. The van der Waals surface area contributed by atoms with E-state index in [1.54, 1.807) is 18.6 Å². The molecule has 0 bridgehead atoms. The Labute approximate surface area is 202 Å². The second kappa shape index (κ2) is 9.76. The van der Waals surface area contributed by atoms with E-state index in [9.17, 15) is 0 Å². The van der Waals surface area contributed by atoms with Crippen molar-refractivity contribution in [1.29, 1.82) is 0 Å². The Morgan fingerprint density at radius 1 is 0.559 bits per heavy atom. The Kier molecular flexibility index (Phi) is 7.38. The zero-order chi connectivity index (χ0) is 25.1. The van der Waals surface area contributed by atoms with Gasteiger partial charge in [0.05, 0.1) is 35.7 Å². The minimum atomic E-state index is -1.07. The van der Waals surface area contributed by atoms with Crippen molar-refractivity contribution in [3.8, 4) is 17.2 Å². The van der Waals surface area contributed by atoms with Crippen LogP contribution in [0.2, 0.25) is 0 Å². The van der Waals surface area contributed by atoms with Crippen LogP contribution in [0.25, 0.3) is 0 Å². The molecule has 0 amide bonds. The molecule has 3 heterocycles. The van der Waals surface area contributed by atoms with Gasteiger partial charge in [-0.3, -0.25) is 15.3 Å². The molecule has 3 N–H and O–H groups in total. The molecule has 3 aromatic heterocycles. The van der Waals surface area contributed by atoms with Crippen molar-refractivity contribution in [3.63, 3.8) is 0 Å². The largest absolute Gasteiger partial charge is 0.864 e. The van der Waals surface area contributed by atoms with Crippen molar-refractivity contribution in [2.45, 2.75) is 81.6 Å². The van der Waals surface area contributed by atoms with E-state index in [4.69, 9.17) is 14.0 Å². The molecule has 0 unspecified atom stereocenters. The van der Waals surface area contributed by atoms with Gasteiger partial charge in [-0.2, -0.15) is 15.3 Å². The van der Waals surface area contributed by atoms with E-state index in [0.717, 1.165) is 36.3 Å². The van der Waals surface area contributed by atoms with Crippen molar-refractivity contribution < 1.29 is 14.0 Å². The number of nitrogens with one attached hydrogen (secondary N) is 3. The molecule has 34 heavy (non-hydrogen) atoms. The van der Waals surface area contributed by atoms with Crippen LogP contribution in [0.5, 0.6) is 17.2 Å². The summed E-state index contributed by atoms with van der Waals surface area (Å²) in [6, 6.07) is 0. The molecular weight excluding hydrogens is 431 g/mol. The van der Waals surface area contributed by atoms with Crippen molar-refractivity contribution >= 4 is 7.32 Å². The molecular formula is C24H39BN6O3. The third-order valence-electron chi connectivity index (χ3n) is 4.83. The highest BCUT2D eigenvalue weighted by atomic mass is 16.7. The first-order chi connectivity index (χ1) is 15.7. The van der Waals surface area contributed by atoms with Crippen LogP contribution >= 0.6 is 0 Å². The highest BCUT2D eigenvalue weighted by Crippen LogP contribution is 2.30. The van der Waals surface area contributed by atoms with Gasteiger partial charge in [0.25, 0.3) is 0 Å².